The molecule has 2 aromatic rings. The van der Waals surface area contributed by atoms with Crippen LogP contribution in [0.25, 0.3) is 0 Å². The zero-order valence-corrected chi connectivity index (χ0v) is 12.6. The molecule has 9 heteroatoms. The largest absolute Gasteiger partial charge is 0.497 e. The maximum Gasteiger partial charge on any atom is 0.242 e. The average Bonchev–Trinajstić information content (AvgIpc) is 2.83. The van der Waals surface area contributed by atoms with Crippen molar-refractivity contribution in [1.82, 2.24) is 19.5 Å². The van der Waals surface area contributed by atoms with Gasteiger partial charge >= 0.3 is 0 Å². The first kappa shape index (κ1) is 15.3. The predicted molar refractivity (Wildman–Crippen MR) is 77.3 cm³/mol. The molecule has 0 saturated heterocycles. The van der Waals surface area contributed by atoms with E-state index in [2.05, 4.69) is 14.9 Å². The Morgan fingerprint density at radius 3 is 2.76 bits per heavy atom. The molecule has 1 heterocycles. The minimum Gasteiger partial charge on any atom is -0.497 e. The van der Waals surface area contributed by atoms with Crippen LogP contribution in [-0.4, -0.2) is 36.8 Å². The van der Waals surface area contributed by atoms with Gasteiger partial charge in [0.15, 0.2) is 0 Å². The molecule has 1 aromatic carbocycles. The lowest BCUT2D eigenvalue weighted by Crippen LogP contribution is -2.27. The SMILES string of the molecule is COc1ccc(S(=O)(=O)NCCc2nncn2C)c(N)c1. The molecule has 0 saturated carbocycles. The molecule has 0 amide bonds. The molecule has 0 bridgehead atoms. The van der Waals surface area contributed by atoms with Crippen LogP contribution in [0.15, 0.2) is 29.4 Å². The molecule has 1 aromatic heterocycles. The number of nitrogen functional groups attached to an aromatic ring is 1. The van der Waals surface area contributed by atoms with Gasteiger partial charge in [-0.15, -0.1) is 10.2 Å². The summed E-state index contributed by atoms with van der Waals surface area (Å²) in [5.74, 6) is 1.20. The second-order valence-corrected chi connectivity index (χ2v) is 6.14. The molecule has 0 fully saturated rings. The number of anilines is 1. The molecule has 0 aliphatic rings. The molecule has 0 spiro atoms. The first-order valence-corrected chi connectivity index (χ1v) is 7.68. The molecule has 8 nitrogen and oxygen atoms in total. The number of rotatable bonds is 6. The van der Waals surface area contributed by atoms with E-state index in [1.807, 2.05) is 0 Å². The number of sulfonamides is 1. The van der Waals surface area contributed by atoms with E-state index < -0.39 is 10.0 Å². The Morgan fingerprint density at radius 1 is 1.43 bits per heavy atom. The first-order chi connectivity index (χ1) is 9.94. The highest BCUT2D eigenvalue weighted by atomic mass is 32.2. The molecule has 0 unspecified atom stereocenters. The van der Waals surface area contributed by atoms with Crippen molar-refractivity contribution in [3.63, 3.8) is 0 Å². The summed E-state index contributed by atoms with van der Waals surface area (Å²) in [4.78, 5) is 0.0289. The zero-order valence-electron chi connectivity index (χ0n) is 11.8. The number of aryl methyl sites for hydroxylation is 1. The Hall–Kier alpha value is -2.13. The van der Waals surface area contributed by atoms with E-state index in [1.165, 1.54) is 19.2 Å². The smallest absolute Gasteiger partial charge is 0.242 e. The van der Waals surface area contributed by atoms with E-state index in [9.17, 15) is 8.42 Å². The molecular formula is C12H17N5O3S. The normalized spacial score (nSPS) is 11.5. The van der Waals surface area contributed by atoms with E-state index in [1.54, 1.807) is 24.0 Å². The van der Waals surface area contributed by atoms with Gasteiger partial charge in [-0.2, -0.15) is 0 Å². The highest BCUT2D eigenvalue weighted by molar-refractivity contribution is 7.89. The fourth-order valence-corrected chi connectivity index (χ4v) is 2.95. The third-order valence-corrected chi connectivity index (χ3v) is 4.49. The van der Waals surface area contributed by atoms with Crippen molar-refractivity contribution >= 4 is 15.7 Å². The maximum atomic E-state index is 12.2. The second kappa shape index (κ2) is 6.10. The third-order valence-electron chi connectivity index (χ3n) is 2.95. The number of aromatic nitrogens is 3. The molecule has 114 valence electrons. The molecule has 0 radical (unpaired) electrons. The predicted octanol–water partition coefficient (Wildman–Crippen LogP) is -0.0731. The van der Waals surface area contributed by atoms with Gasteiger partial charge in [-0.25, -0.2) is 13.1 Å². The van der Waals surface area contributed by atoms with Gasteiger partial charge in [-0.1, -0.05) is 0 Å². The Labute approximate surface area is 123 Å². The summed E-state index contributed by atoms with van der Waals surface area (Å²) in [6, 6.07) is 4.43. The van der Waals surface area contributed by atoms with Crippen molar-refractivity contribution in [2.24, 2.45) is 7.05 Å². The monoisotopic (exact) mass is 311 g/mol. The minimum atomic E-state index is -3.67. The second-order valence-electron chi connectivity index (χ2n) is 4.41. The number of methoxy groups -OCH3 is 1. The van der Waals surface area contributed by atoms with Crippen LogP contribution in [0.2, 0.25) is 0 Å². The Balaban J connectivity index is 2.06. The van der Waals surface area contributed by atoms with Crippen LogP contribution in [0.3, 0.4) is 0 Å². The first-order valence-electron chi connectivity index (χ1n) is 6.20. The van der Waals surface area contributed by atoms with Gasteiger partial charge in [0.2, 0.25) is 10.0 Å². The molecule has 2 rings (SSSR count). The van der Waals surface area contributed by atoms with Crippen LogP contribution < -0.4 is 15.2 Å². The fraction of sp³-hybridized carbons (Fsp3) is 0.333. The number of hydrogen-bond donors (Lipinski definition) is 2. The molecule has 21 heavy (non-hydrogen) atoms. The van der Waals surface area contributed by atoms with Gasteiger partial charge in [-0.3, -0.25) is 0 Å². The standard InChI is InChI=1S/C12H17N5O3S/c1-17-8-14-16-12(17)5-6-15-21(18,19)11-4-3-9(20-2)7-10(11)13/h3-4,7-8,15H,5-6,13H2,1-2H3. The Kier molecular flexibility index (Phi) is 4.43. The van der Waals surface area contributed by atoms with Crippen molar-refractivity contribution in [2.75, 3.05) is 19.4 Å². The van der Waals surface area contributed by atoms with Crippen molar-refractivity contribution in [1.29, 1.82) is 0 Å². The number of hydrogen-bond acceptors (Lipinski definition) is 6. The minimum absolute atomic E-state index is 0.0289. The Morgan fingerprint density at radius 2 is 2.19 bits per heavy atom. The molecule has 0 atom stereocenters. The van der Waals surface area contributed by atoms with Crippen LogP contribution in [0.5, 0.6) is 5.75 Å². The third kappa shape index (κ3) is 3.50. The van der Waals surface area contributed by atoms with Gasteiger partial charge in [-0.05, 0) is 12.1 Å². The number of ether oxygens (including phenoxy) is 1. The van der Waals surface area contributed by atoms with E-state index in [0.29, 0.717) is 18.0 Å². The molecular weight excluding hydrogens is 294 g/mol. The van der Waals surface area contributed by atoms with E-state index in [0.717, 1.165) is 0 Å². The van der Waals surface area contributed by atoms with E-state index in [-0.39, 0.29) is 17.1 Å². The number of nitrogens with two attached hydrogens (primary N) is 1. The van der Waals surface area contributed by atoms with Crippen molar-refractivity contribution in [3.05, 3.63) is 30.4 Å². The summed E-state index contributed by atoms with van der Waals surface area (Å²) < 4.78 is 33.6. The molecule has 0 aliphatic heterocycles. The lowest BCUT2D eigenvalue weighted by Gasteiger charge is -2.10. The van der Waals surface area contributed by atoms with Crippen molar-refractivity contribution in [3.8, 4) is 5.75 Å². The lowest BCUT2D eigenvalue weighted by atomic mass is 10.3. The topological polar surface area (TPSA) is 112 Å². The van der Waals surface area contributed by atoms with Crippen LogP contribution in [0, 0.1) is 0 Å². The van der Waals surface area contributed by atoms with Crippen molar-refractivity contribution < 1.29 is 13.2 Å². The highest BCUT2D eigenvalue weighted by Gasteiger charge is 2.17. The summed E-state index contributed by atoms with van der Waals surface area (Å²) >= 11 is 0. The van der Waals surface area contributed by atoms with Gasteiger partial charge in [0.25, 0.3) is 0 Å². The average molecular weight is 311 g/mol. The van der Waals surface area contributed by atoms with Gasteiger partial charge in [0.1, 0.15) is 22.8 Å². The summed E-state index contributed by atoms with van der Waals surface area (Å²) in [6.45, 7) is 0.209. The number of nitrogens with zero attached hydrogens (tertiary/aromatic N) is 3. The fourth-order valence-electron chi connectivity index (χ4n) is 1.81. The summed E-state index contributed by atoms with van der Waals surface area (Å²) in [5, 5.41) is 7.62. The summed E-state index contributed by atoms with van der Waals surface area (Å²) in [6.07, 6.45) is 2.00. The van der Waals surface area contributed by atoms with Crippen LogP contribution >= 0.6 is 0 Å². The van der Waals surface area contributed by atoms with Gasteiger partial charge in [0, 0.05) is 26.1 Å². The summed E-state index contributed by atoms with van der Waals surface area (Å²) in [7, 11) is -0.385. The number of benzene rings is 1. The number of nitrogens with one attached hydrogen (secondary N) is 1. The van der Waals surface area contributed by atoms with Crippen molar-refractivity contribution in [2.45, 2.75) is 11.3 Å². The van der Waals surface area contributed by atoms with E-state index >= 15 is 0 Å². The quantitative estimate of drug-likeness (QED) is 0.722. The highest BCUT2D eigenvalue weighted by Crippen LogP contribution is 2.23. The lowest BCUT2D eigenvalue weighted by molar-refractivity contribution is 0.414. The summed E-state index contributed by atoms with van der Waals surface area (Å²) in [5.41, 5.74) is 5.89. The Bertz CT molecular complexity index is 726. The zero-order chi connectivity index (χ0) is 15.5. The van der Waals surface area contributed by atoms with Gasteiger partial charge < -0.3 is 15.0 Å². The van der Waals surface area contributed by atoms with Gasteiger partial charge in [0.05, 0.1) is 12.8 Å². The maximum absolute atomic E-state index is 12.2. The van der Waals surface area contributed by atoms with E-state index in [4.69, 9.17) is 10.5 Å². The van der Waals surface area contributed by atoms with Crippen LogP contribution in [0.1, 0.15) is 5.82 Å². The molecule has 3 N–H and O–H groups in total. The molecule has 0 aliphatic carbocycles. The van der Waals surface area contributed by atoms with Crippen LogP contribution in [-0.2, 0) is 23.5 Å². The van der Waals surface area contributed by atoms with Crippen LogP contribution in [0.4, 0.5) is 5.69 Å².